The second kappa shape index (κ2) is 7.68. The number of likely N-dealkylation sites (N-methyl/N-ethyl adjacent to an activating group) is 1. The quantitative estimate of drug-likeness (QED) is 0.754. The van der Waals surface area contributed by atoms with Crippen molar-refractivity contribution in [1.82, 2.24) is 4.90 Å². The molecule has 0 aliphatic heterocycles. The Bertz CT molecular complexity index is 1000. The number of hydrogen-bond acceptors (Lipinski definition) is 4. The topological polar surface area (TPSA) is 53.7 Å². The molecule has 0 aliphatic rings. The van der Waals surface area contributed by atoms with E-state index in [0.717, 1.165) is 28.6 Å². The van der Waals surface area contributed by atoms with Crippen molar-refractivity contribution >= 4 is 16.8 Å². The second-order valence-electron chi connectivity index (χ2n) is 6.64. The van der Waals surface area contributed by atoms with Crippen molar-refractivity contribution in [1.29, 1.82) is 0 Å². The van der Waals surface area contributed by atoms with Gasteiger partial charge in [-0.2, -0.15) is 0 Å². The van der Waals surface area contributed by atoms with E-state index in [-0.39, 0.29) is 0 Å². The summed E-state index contributed by atoms with van der Waals surface area (Å²) in [7, 11) is 4.04. The molecule has 0 aliphatic carbocycles. The molecule has 1 heterocycles. The lowest BCUT2D eigenvalue weighted by atomic mass is 9.95. The molecular weight excluding hydrogens is 326 g/mol. The Kier molecular flexibility index (Phi) is 5.35. The molecule has 0 amide bonds. The molecule has 0 bridgehead atoms. The standard InChI is InChI=1S/C22H23NO3/c1-15(24)21-20(18-11-4-5-12-19(18)22(25)26-21)17-10-6-8-16(14-17)9-7-13-23(2)3/h4-12,14-15,24H,13H2,1-3H3. The Hall–Kier alpha value is -2.69. The lowest BCUT2D eigenvalue weighted by molar-refractivity contribution is 0.166. The summed E-state index contributed by atoms with van der Waals surface area (Å²) in [6.45, 7) is 2.46. The highest BCUT2D eigenvalue weighted by Gasteiger charge is 2.18. The molecule has 3 aromatic rings. The van der Waals surface area contributed by atoms with Crippen LogP contribution in [0.4, 0.5) is 0 Å². The van der Waals surface area contributed by atoms with E-state index in [1.807, 2.05) is 56.6 Å². The van der Waals surface area contributed by atoms with Gasteiger partial charge < -0.3 is 14.4 Å². The fraction of sp³-hybridized carbons (Fsp3) is 0.227. The summed E-state index contributed by atoms with van der Waals surface area (Å²) in [6, 6.07) is 15.3. The largest absolute Gasteiger partial charge is 0.424 e. The zero-order chi connectivity index (χ0) is 18.7. The van der Waals surface area contributed by atoms with Crippen molar-refractivity contribution in [3.8, 4) is 11.1 Å². The van der Waals surface area contributed by atoms with Crippen LogP contribution in [0.1, 0.15) is 24.4 Å². The summed E-state index contributed by atoms with van der Waals surface area (Å²) in [5.41, 5.74) is 2.30. The van der Waals surface area contributed by atoms with E-state index in [0.29, 0.717) is 11.1 Å². The molecule has 0 fully saturated rings. The summed E-state index contributed by atoms with van der Waals surface area (Å²) in [5, 5.41) is 11.5. The number of benzene rings is 2. The van der Waals surface area contributed by atoms with Gasteiger partial charge in [0.2, 0.25) is 0 Å². The van der Waals surface area contributed by atoms with Gasteiger partial charge in [0, 0.05) is 17.5 Å². The zero-order valence-corrected chi connectivity index (χ0v) is 15.3. The molecule has 0 saturated carbocycles. The van der Waals surface area contributed by atoms with Crippen LogP contribution in [0.25, 0.3) is 28.0 Å². The van der Waals surface area contributed by atoms with Crippen LogP contribution in [-0.4, -0.2) is 30.6 Å². The predicted molar refractivity (Wildman–Crippen MR) is 106 cm³/mol. The minimum atomic E-state index is -0.879. The Morgan fingerprint density at radius 3 is 2.54 bits per heavy atom. The highest BCUT2D eigenvalue weighted by atomic mass is 16.4. The first-order valence-corrected chi connectivity index (χ1v) is 8.63. The minimum Gasteiger partial charge on any atom is -0.424 e. The van der Waals surface area contributed by atoms with Crippen molar-refractivity contribution in [2.24, 2.45) is 0 Å². The summed E-state index contributed by atoms with van der Waals surface area (Å²) in [4.78, 5) is 14.4. The minimum absolute atomic E-state index is 0.295. The fourth-order valence-corrected chi connectivity index (χ4v) is 3.01. The van der Waals surface area contributed by atoms with Gasteiger partial charge in [-0.25, -0.2) is 4.79 Å². The van der Waals surface area contributed by atoms with Crippen molar-refractivity contribution in [2.75, 3.05) is 20.6 Å². The lowest BCUT2D eigenvalue weighted by Crippen LogP contribution is -2.10. The number of aliphatic hydroxyl groups excluding tert-OH is 1. The van der Waals surface area contributed by atoms with Gasteiger partial charge in [0.15, 0.2) is 0 Å². The van der Waals surface area contributed by atoms with Crippen LogP contribution in [0, 0.1) is 0 Å². The number of fused-ring (bicyclic) bond motifs is 1. The lowest BCUT2D eigenvalue weighted by Gasteiger charge is -2.14. The maximum Gasteiger partial charge on any atom is 0.343 e. The van der Waals surface area contributed by atoms with Gasteiger partial charge in [-0.15, -0.1) is 0 Å². The average molecular weight is 349 g/mol. The molecule has 2 aromatic carbocycles. The molecule has 1 atom stereocenters. The third-order valence-corrected chi connectivity index (χ3v) is 4.20. The van der Waals surface area contributed by atoms with Gasteiger partial charge >= 0.3 is 5.63 Å². The first-order chi connectivity index (χ1) is 12.5. The molecule has 1 aromatic heterocycles. The van der Waals surface area contributed by atoms with E-state index >= 15 is 0 Å². The molecular formula is C22H23NO3. The molecule has 4 nitrogen and oxygen atoms in total. The number of nitrogens with zero attached hydrogens (tertiary/aromatic N) is 1. The maximum absolute atomic E-state index is 12.3. The van der Waals surface area contributed by atoms with Gasteiger partial charge in [-0.1, -0.05) is 48.6 Å². The van der Waals surface area contributed by atoms with Crippen LogP contribution in [0.5, 0.6) is 0 Å². The highest BCUT2D eigenvalue weighted by Crippen LogP contribution is 2.34. The summed E-state index contributed by atoms with van der Waals surface area (Å²) < 4.78 is 5.46. The molecule has 4 heteroatoms. The Labute approximate surface area is 153 Å². The van der Waals surface area contributed by atoms with Gasteiger partial charge in [-0.3, -0.25) is 0 Å². The van der Waals surface area contributed by atoms with E-state index in [9.17, 15) is 9.90 Å². The van der Waals surface area contributed by atoms with Crippen LogP contribution in [0.2, 0.25) is 0 Å². The van der Waals surface area contributed by atoms with Crippen molar-refractivity contribution in [3.63, 3.8) is 0 Å². The van der Waals surface area contributed by atoms with Crippen LogP contribution >= 0.6 is 0 Å². The maximum atomic E-state index is 12.3. The summed E-state index contributed by atoms with van der Waals surface area (Å²) >= 11 is 0. The SMILES string of the molecule is CC(O)c1oc(=O)c2ccccc2c1-c1cccc(C=CCN(C)C)c1. The van der Waals surface area contributed by atoms with Gasteiger partial charge in [0.25, 0.3) is 0 Å². The third-order valence-electron chi connectivity index (χ3n) is 4.20. The van der Waals surface area contributed by atoms with Gasteiger partial charge in [0.05, 0.1) is 5.39 Å². The Morgan fingerprint density at radius 1 is 1.12 bits per heavy atom. The first-order valence-electron chi connectivity index (χ1n) is 8.63. The van der Waals surface area contributed by atoms with Crippen molar-refractivity contribution < 1.29 is 9.52 Å². The molecule has 3 rings (SSSR count). The monoisotopic (exact) mass is 349 g/mol. The Balaban J connectivity index is 2.19. The highest BCUT2D eigenvalue weighted by molar-refractivity contribution is 5.97. The van der Waals surface area contributed by atoms with Gasteiger partial charge in [0.1, 0.15) is 11.9 Å². The van der Waals surface area contributed by atoms with E-state index in [1.54, 1.807) is 13.0 Å². The normalized spacial score (nSPS) is 13.0. The molecule has 0 spiro atoms. The van der Waals surface area contributed by atoms with E-state index < -0.39 is 11.7 Å². The van der Waals surface area contributed by atoms with Crippen molar-refractivity contribution in [3.05, 3.63) is 76.4 Å². The van der Waals surface area contributed by atoms with Crippen LogP contribution in [-0.2, 0) is 0 Å². The molecule has 26 heavy (non-hydrogen) atoms. The second-order valence-corrected chi connectivity index (χ2v) is 6.64. The first kappa shape index (κ1) is 18.1. The molecule has 0 radical (unpaired) electrons. The molecule has 1 unspecified atom stereocenters. The number of aliphatic hydroxyl groups is 1. The van der Waals surface area contributed by atoms with E-state index in [4.69, 9.17) is 4.42 Å². The van der Waals surface area contributed by atoms with Crippen LogP contribution < -0.4 is 5.63 Å². The van der Waals surface area contributed by atoms with E-state index in [2.05, 4.69) is 17.1 Å². The third kappa shape index (κ3) is 3.77. The number of rotatable bonds is 5. The van der Waals surface area contributed by atoms with Gasteiger partial charge in [-0.05, 0) is 44.3 Å². The fourth-order valence-electron chi connectivity index (χ4n) is 3.01. The summed E-state index contributed by atoms with van der Waals surface area (Å²) in [6.07, 6.45) is 3.28. The molecule has 0 saturated heterocycles. The van der Waals surface area contributed by atoms with Crippen LogP contribution in [0.15, 0.2) is 63.8 Å². The molecule has 134 valence electrons. The number of hydrogen-bond donors (Lipinski definition) is 1. The summed E-state index contributed by atoms with van der Waals surface area (Å²) in [5.74, 6) is 0.295. The average Bonchev–Trinajstić information content (AvgIpc) is 2.61. The zero-order valence-electron chi connectivity index (χ0n) is 15.3. The Morgan fingerprint density at radius 2 is 1.85 bits per heavy atom. The molecule has 1 N–H and O–H groups in total. The smallest absolute Gasteiger partial charge is 0.343 e. The van der Waals surface area contributed by atoms with Crippen molar-refractivity contribution in [2.45, 2.75) is 13.0 Å². The van der Waals surface area contributed by atoms with Crippen LogP contribution in [0.3, 0.4) is 0 Å². The van der Waals surface area contributed by atoms with E-state index in [1.165, 1.54) is 0 Å². The predicted octanol–water partition coefficient (Wildman–Crippen LogP) is 4.09.